The molecule has 1 amide bonds. The first kappa shape index (κ1) is 17.1. The Hall–Kier alpha value is -1.72. The van der Waals surface area contributed by atoms with Crippen LogP contribution in [0.2, 0.25) is 0 Å². The van der Waals surface area contributed by atoms with Crippen molar-refractivity contribution < 1.29 is 9.90 Å². The fraction of sp³-hybridized carbons (Fsp3) is 0.474. The lowest BCUT2D eigenvalue weighted by Crippen LogP contribution is -2.48. The van der Waals surface area contributed by atoms with E-state index in [4.69, 9.17) is 0 Å². The minimum atomic E-state index is -0.222. The van der Waals surface area contributed by atoms with Crippen LogP contribution in [0.1, 0.15) is 53.4 Å². The van der Waals surface area contributed by atoms with E-state index in [1.54, 1.807) is 23.7 Å². The van der Waals surface area contributed by atoms with Gasteiger partial charge in [-0.25, -0.2) is 0 Å². The van der Waals surface area contributed by atoms with Crippen LogP contribution in [0.5, 0.6) is 0 Å². The average Bonchev–Trinajstić information content (AvgIpc) is 3.02. The Bertz CT molecular complexity index is 678. The van der Waals surface area contributed by atoms with Crippen LogP contribution >= 0.6 is 11.3 Å². The first-order chi connectivity index (χ1) is 11.5. The fourth-order valence-corrected chi connectivity index (χ4v) is 4.00. The van der Waals surface area contributed by atoms with Crippen molar-refractivity contribution in [3.63, 3.8) is 0 Å². The van der Waals surface area contributed by atoms with Crippen LogP contribution < -0.4 is 5.32 Å². The van der Waals surface area contributed by atoms with E-state index in [1.165, 1.54) is 4.88 Å². The minimum Gasteiger partial charge on any atom is -0.393 e. The van der Waals surface area contributed by atoms with Crippen LogP contribution in [-0.4, -0.2) is 28.1 Å². The second-order valence-electron chi connectivity index (χ2n) is 6.92. The lowest BCUT2D eigenvalue weighted by Gasteiger charge is -2.38. The van der Waals surface area contributed by atoms with Gasteiger partial charge in [0.2, 0.25) is 0 Å². The maximum absolute atomic E-state index is 12.6. The highest BCUT2D eigenvalue weighted by molar-refractivity contribution is 7.10. The quantitative estimate of drug-likeness (QED) is 0.844. The standard InChI is InChI=1S/C19H24N2O2S/c1-12(2)18-10-15(11-24-18)19(23)21-17(14-8-16(22)9-14)7-13-3-5-20-6-4-13/h3-6,10-12,14,16-17,22H,7-9H2,1-2H3,(H,21,23)/t14?,16?,17-/m1/s1. The minimum absolute atomic E-state index is 0.0152. The molecule has 1 aliphatic rings. The van der Waals surface area contributed by atoms with Gasteiger partial charge >= 0.3 is 0 Å². The second kappa shape index (κ2) is 7.45. The Labute approximate surface area is 146 Å². The number of nitrogens with zero attached hydrogens (tertiary/aromatic N) is 1. The molecule has 2 aromatic rings. The van der Waals surface area contributed by atoms with Gasteiger partial charge in [0.05, 0.1) is 11.7 Å². The first-order valence-electron chi connectivity index (χ1n) is 8.49. The summed E-state index contributed by atoms with van der Waals surface area (Å²) in [6.45, 7) is 4.27. The highest BCUT2D eigenvalue weighted by atomic mass is 32.1. The van der Waals surface area contributed by atoms with Gasteiger partial charge in [-0.2, -0.15) is 0 Å². The normalized spacial score (nSPS) is 21.3. The number of rotatable bonds is 6. The Kier molecular flexibility index (Phi) is 5.31. The van der Waals surface area contributed by atoms with Gasteiger partial charge < -0.3 is 10.4 Å². The smallest absolute Gasteiger partial charge is 0.252 e. The van der Waals surface area contributed by atoms with Crippen LogP contribution in [0.4, 0.5) is 0 Å². The molecule has 4 nitrogen and oxygen atoms in total. The van der Waals surface area contributed by atoms with Gasteiger partial charge in [0, 0.05) is 28.7 Å². The summed E-state index contributed by atoms with van der Waals surface area (Å²) in [4.78, 5) is 17.9. The molecule has 1 fully saturated rings. The van der Waals surface area contributed by atoms with Crippen molar-refractivity contribution in [2.24, 2.45) is 5.92 Å². The summed E-state index contributed by atoms with van der Waals surface area (Å²) in [5, 5.41) is 14.8. The van der Waals surface area contributed by atoms with Gasteiger partial charge in [0.1, 0.15) is 0 Å². The third kappa shape index (κ3) is 4.02. The number of aromatic nitrogens is 1. The summed E-state index contributed by atoms with van der Waals surface area (Å²) in [5.74, 6) is 0.755. The predicted octanol–water partition coefficient (Wildman–Crippen LogP) is 3.38. The van der Waals surface area contributed by atoms with E-state index in [0.717, 1.165) is 30.4 Å². The molecule has 0 aromatic carbocycles. The number of thiophene rings is 1. The molecule has 0 aliphatic heterocycles. The van der Waals surface area contributed by atoms with Gasteiger partial charge in [-0.3, -0.25) is 9.78 Å². The molecule has 0 bridgehead atoms. The summed E-state index contributed by atoms with van der Waals surface area (Å²) in [5.41, 5.74) is 1.90. The largest absolute Gasteiger partial charge is 0.393 e. The Morgan fingerprint density at radius 1 is 1.38 bits per heavy atom. The fourth-order valence-electron chi connectivity index (χ4n) is 3.09. The molecule has 0 spiro atoms. The van der Waals surface area contributed by atoms with E-state index in [1.807, 2.05) is 23.6 Å². The number of aliphatic hydroxyl groups excluding tert-OH is 1. The highest BCUT2D eigenvalue weighted by Crippen LogP contribution is 2.32. The zero-order valence-electron chi connectivity index (χ0n) is 14.1. The Morgan fingerprint density at radius 3 is 2.67 bits per heavy atom. The van der Waals surface area contributed by atoms with Gasteiger partial charge in [0.25, 0.3) is 5.91 Å². The Balaban J connectivity index is 1.69. The van der Waals surface area contributed by atoms with Crippen molar-refractivity contribution in [1.82, 2.24) is 10.3 Å². The topological polar surface area (TPSA) is 62.2 Å². The number of pyridine rings is 1. The average molecular weight is 344 g/mol. The first-order valence-corrected chi connectivity index (χ1v) is 9.37. The van der Waals surface area contributed by atoms with Crippen LogP contribution in [-0.2, 0) is 6.42 Å². The number of hydrogen-bond donors (Lipinski definition) is 2. The third-order valence-electron chi connectivity index (χ3n) is 4.69. The molecule has 128 valence electrons. The third-order valence-corrected chi connectivity index (χ3v) is 5.92. The lowest BCUT2D eigenvalue weighted by molar-refractivity contribution is 0.0239. The van der Waals surface area contributed by atoms with Crippen LogP contribution in [0.25, 0.3) is 0 Å². The Morgan fingerprint density at radius 2 is 2.08 bits per heavy atom. The number of aliphatic hydroxyl groups is 1. The lowest BCUT2D eigenvalue weighted by atomic mass is 9.75. The number of carbonyl (C=O) groups excluding carboxylic acids is 1. The zero-order valence-corrected chi connectivity index (χ0v) is 14.9. The van der Waals surface area contributed by atoms with E-state index >= 15 is 0 Å². The van der Waals surface area contributed by atoms with Gasteiger partial charge in [0.15, 0.2) is 0 Å². The van der Waals surface area contributed by atoms with E-state index in [9.17, 15) is 9.90 Å². The zero-order chi connectivity index (χ0) is 17.1. The number of nitrogens with one attached hydrogen (secondary N) is 1. The van der Waals surface area contributed by atoms with Gasteiger partial charge in [-0.1, -0.05) is 13.8 Å². The van der Waals surface area contributed by atoms with Crippen molar-refractivity contribution in [3.8, 4) is 0 Å². The van der Waals surface area contributed by atoms with Gasteiger partial charge in [-0.05, 0) is 54.9 Å². The highest BCUT2D eigenvalue weighted by Gasteiger charge is 2.35. The van der Waals surface area contributed by atoms with Crippen molar-refractivity contribution in [1.29, 1.82) is 0 Å². The maximum Gasteiger partial charge on any atom is 0.252 e. The molecule has 1 saturated carbocycles. The van der Waals surface area contributed by atoms with Crippen LogP contribution in [0.15, 0.2) is 36.0 Å². The summed E-state index contributed by atoms with van der Waals surface area (Å²) in [7, 11) is 0. The number of carbonyl (C=O) groups is 1. The second-order valence-corrected chi connectivity index (χ2v) is 7.86. The molecule has 24 heavy (non-hydrogen) atoms. The van der Waals surface area contributed by atoms with Crippen molar-refractivity contribution in [2.75, 3.05) is 0 Å². The molecule has 1 aliphatic carbocycles. The van der Waals surface area contributed by atoms with E-state index < -0.39 is 0 Å². The summed E-state index contributed by atoms with van der Waals surface area (Å²) in [6.07, 6.45) is 5.62. The van der Waals surface area contributed by atoms with Gasteiger partial charge in [-0.15, -0.1) is 11.3 Å². The molecule has 2 aromatic heterocycles. The summed E-state index contributed by atoms with van der Waals surface area (Å²) < 4.78 is 0. The molecule has 0 radical (unpaired) electrons. The molecular formula is C19H24N2O2S. The SMILES string of the molecule is CC(C)c1cc(C(=O)N[C@H](Cc2ccncc2)C2CC(O)C2)cs1. The molecule has 1 atom stereocenters. The van der Waals surface area contributed by atoms with Crippen molar-refractivity contribution >= 4 is 17.2 Å². The van der Waals surface area contributed by atoms with E-state index in [-0.39, 0.29) is 18.1 Å². The van der Waals surface area contributed by atoms with Crippen LogP contribution in [0, 0.1) is 5.92 Å². The molecule has 2 heterocycles. The summed E-state index contributed by atoms with van der Waals surface area (Å²) in [6, 6.07) is 6.00. The molecular weight excluding hydrogens is 320 g/mol. The monoisotopic (exact) mass is 344 g/mol. The number of amides is 1. The molecule has 0 unspecified atom stereocenters. The number of hydrogen-bond acceptors (Lipinski definition) is 4. The predicted molar refractivity (Wildman–Crippen MR) is 96.3 cm³/mol. The molecule has 0 saturated heterocycles. The van der Waals surface area contributed by atoms with E-state index in [0.29, 0.717) is 11.8 Å². The molecule has 3 rings (SSSR count). The molecule has 5 heteroatoms. The van der Waals surface area contributed by atoms with Crippen molar-refractivity contribution in [3.05, 3.63) is 52.0 Å². The van der Waals surface area contributed by atoms with E-state index in [2.05, 4.69) is 24.1 Å². The summed E-state index contributed by atoms with van der Waals surface area (Å²) >= 11 is 1.64. The van der Waals surface area contributed by atoms with Crippen molar-refractivity contribution in [2.45, 2.75) is 51.2 Å². The van der Waals surface area contributed by atoms with Crippen LogP contribution in [0.3, 0.4) is 0 Å². The maximum atomic E-state index is 12.6. The molecule has 2 N–H and O–H groups in total.